The van der Waals surface area contributed by atoms with Gasteiger partial charge in [-0.3, -0.25) is 4.84 Å². The summed E-state index contributed by atoms with van der Waals surface area (Å²) in [6.45, 7) is 6.54. The molecule has 100 valence electrons. The fraction of sp³-hybridized carbons (Fsp3) is 0.538. The fourth-order valence-electron chi connectivity index (χ4n) is 2.44. The molecule has 0 aromatic heterocycles. The molecule has 1 aromatic rings. The molecule has 0 radical (unpaired) electrons. The Morgan fingerprint density at radius 3 is 2.22 bits per heavy atom. The van der Waals surface area contributed by atoms with Crippen molar-refractivity contribution in [3.05, 3.63) is 28.8 Å². The van der Waals surface area contributed by atoms with E-state index >= 15 is 0 Å². The normalized spacial score (nSPS) is 17.9. The van der Waals surface area contributed by atoms with Gasteiger partial charge in [-0.2, -0.15) is 0 Å². The molecule has 2 rings (SSSR count). The highest BCUT2D eigenvalue weighted by Gasteiger charge is 2.30. The van der Waals surface area contributed by atoms with Crippen molar-refractivity contribution in [2.45, 2.75) is 38.5 Å². The van der Waals surface area contributed by atoms with Gasteiger partial charge in [0, 0.05) is 6.54 Å². The number of hydrogen-bond donors (Lipinski definition) is 0. The van der Waals surface area contributed by atoms with Crippen LogP contribution in [0.5, 0.6) is 0 Å². The average molecular weight is 269 g/mol. The van der Waals surface area contributed by atoms with Crippen LogP contribution in [-0.2, 0) is 14.9 Å². The Hall–Kier alpha value is -0.910. The molecule has 0 bridgehead atoms. The van der Waals surface area contributed by atoms with Gasteiger partial charge in [-0.05, 0) is 44.7 Å². The van der Waals surface area contributed by atoms with Gasteiger partial charge in [0.25, 0.3) is 10.0 Å². The molecule has 1 aromatic carbocycles. The molecule has 5 heteroatoms. The molecule has 1 heterocycles. The summed E-state index contributed by atoms with van der Waals surface area (Å²) in [4.78, 5) is 5.67. The molecule has 1 fully saturated rings. The van der Waals surface area contributed by atoms with Gasteiger partial charge in [0.2, 0.25) is 0 Å². The maximum atomic E-state index is 12.5. The van der Waals surface area contributed by atoms with E-state index < -0.39 is 10.0 Å². The summed E-state index contributed by atoms with van der Waals surface area (Å²) in [5, 5.41) is 0. The first-order valence-electron chi connectivity index (χ1n) is 6.16. The lowest BCUT2D eigenvalue weighted by atomic mass is 10.1. The Morgan fingerprint density at radius 1 is 1.11 bits per heavy atom. The smallest absolute Gasteiger partial charge is 0.265 e. The van der Waals surface area contributed by atoms with Gasteiger partial charge < -0.3 is 0 Å². The van der Waals surface area contributed by atoms with Crippen molar-refractivity contribution in [3.63, 3.8) is 0 Å². The Balaban J connectivity index is 2.47. The second-order valence-corrected chi connectivity index (χ2v) is 6.57. The second-order valence-electron chi connectivity index (χ2n) is 4.80. The summed E-state index contributed by atoms with van der Waals surface area (Å²) in [7, 11) is -3.53. The first kappa shape index (κ1) is 13.5. The van der Waals surface area contributed by atoms with Gasteiger partial charge in [-0.1, -0.05) is 22.2 Å². The lowest BCUT2D eigenvalue weighted by molar-refractivity contribution is -0.108. The standard InChI is InChI=1S/C13H19NO3S/c1-10-8-11(2)13(12(3)9-10)18(15,16)14-6-4-5-7-17-14/h8-9H,4-7H2,1-3H3. The zero-order valence-corrected chi connectivity index (χ0v) is 11.9. The van der Waals surface area contributed by atoms with E-state index in [0.29, 0.717) is 18.0 Å². The van der Waals surface area contributed by atoms with Crippen LogP contribution in [0.1, 0.15) is 29.5 Å². The van der Waals surface area contributed by atoms with Crippen molar-refractivity contribution < 1.29 is 13.3 Å². The fourth-order valence-corrected chi connectivity index (χ4v) is 4.16. The molecule has 0 unspecified atom stereocenters. The predicted octanol–water partition coefficient (Wildman–Crippen LogP) is 2.33. The lowest BCUT2D eigenvalue weighted by Crippen LogP contribution is -2.36. The van der Waals surface area contributed by atoms with Crippen molar-refractivity contribution in [2.24, 2.45) is 0 Å². The molecule has 1 aliphatic heterocycles. The van der Waals surface area contributed by atoms with Gasteiger partial charge in [0.15, 0.2) is 0 Å². The Kier molecular flexibility index (Phi) is 3.75. The zero-order chi connectivity index (χ0) is 13.3. The van der Waals surface area contributed by atoms with Crippen LogP contribution in [-0.4, -0.2) is 26.0 Å². The maximum Gasteiger partial charge on any atom is 0.265 e. The molecule has 0 N–H and O–H groups in total. The largest absolute Gasteiger partial charge is 0.284 e. The van der Waals surface area contributed by atoms with E-state index in [1.807, 2.05) is 32.9 Å². The average Bonchev–Trinajstić information content (AvgIpc) is 2.28. The van der Waals surface area contributed by atoms with Crippen LogP contribution in [0.2, 0.25) is 0 Å². The molecule has 1 saturated heterocycles. The Morgan fingerprint density at radius 2 is 1.72 bits per heavy atom. The quantitative estimate of drug-likeness (QED) is 0.828. The van der Waals surface area contributed by atoms with Gasteiger partial charge >= 0.3 is 0 Å². The van der Waals surface area contributed by atoms with E-state index in [1.54, 1.807) is 0 Å². The number of benzene rings is 1. The van der Waals surface area contributed by atoms with E-state index in [1.165, 1.54) is 0 Å². The molecular formula is C13H19NO3S. The first-order chi connectivity index (χ1) is 8.43. The first-order valence-corrected chi connectivity index (χ1v) is 7.60. The minimum Gasteiger partial charge on any atom is -0.284 e. The van der Waals surface area contributed by atoms with E-state index in [9.17, 15) is 8.42 Å². The third-order valence-corrected chi connectivity index (χ3v) is 5.09. The van der Waals surface area contributed by atoms with Crippen LogP contribution in [0.15, 0.2) is 17.0 Å². The van der Waals surface area contributed by atoms with Crippen molar-refractivity contribution in [1.29, 1.82) is 0 Å². The highest BCUT2D eigenvalue weighted by Crippen LogP contribution is 2.26. The van der Waals surface area contributed by atoms with Crippen LogP contribution in [0.3, 0.4) is 0 Å². The monoisotopic (exact) mass is 269 g/mol. The molecule has 0 amide bonds. The summed E-state index contributed by atoms with van der Waals surface area (Å²) in [5.41, 5.74) is 2.63. The van der Waals surface area contributed by atoms with E-state index in [-0.39, 0.29) is 0 Å². The molecule has 1 aliphatic rings. The van der Waals surface area contributed by atoms with Crippen molar-refractivity contribution in [3.8, 4) is 0 Å². The van der Waals surface area contributed by atoms with E-state index in [2.05, 4.69) is 0 Å². The van der Waals surface area contributed by atoms with Crippen LogP contribution < -0.4 is 0 Å². The van der Waals surface area contributed by atoms with E-state index in [0.717, 1.165) is 34.0 Å². The van der Waals surface area contributed by atoms with Crippen molar-refractivity contribution in [1.82, 2.24) is 4.47 Å². The highest BCUT2D eigenvalue weighted by molar-refractivity contribution is 7.89. The minimum absolute atomic E-state index is 0.384. The lowest BCUT2D eigenvalue weighted by Gasteiger charge is -2.26. The highest BCUT2D eigenvalue weighted by atomic mass is 32.2. The number of nitrogens with zero attached hydrogens (tertiary/aromatic N) is 1. The zero-order valence-electron chi connectivity index (χ0n) is 11.1. The molecule has 0 spiro atoms. The van der Waals surface area contributed by atoms with Gasteiger partial charge in [0.05, 0.1) is 11.5 Å². The Bertz CT molecular complexity index is 522. The number of sulfonamides is 1. The number of rotatable bonds is 2. The van der Waals surface area contributed by atoms with E-state index in [4.69, 9.17) is 4.84 Å². The van der Waals surface area contributed by atoms with Crippen LogP contribution in [0.4, 0.5) is 0 Å². The van der Waals surface area contributed by atoms with Gasteiger partial charge in [0.1, 0.15) is 0 Å². The SMILES string of the molecule is Cc1cc(C)c(S(=O)(=O)N2CCCCO2)c(C)c1. The molecule has 4 nitrogen and oxygen atoms in total. The predicted molar refractivity (Wildman–Crippen MR) is 69.7 cm³/mol. The van der Waals surface area contributed by atoms with Crippen LogP contribution in [0.25, 0.3) is 0 Å². The molecule has 18 heavy (non-hydrogen) atoms. The van der Waals surface area contributed by atoms with Crippen molar-refractivity contribution in [2.75, 3.05) is 13.2 Å². The summed E-state index contributed by atoms with van der Waals surface area (Å²) >= 11 is 0. The summed E-state index contributed by atoms with van der Waals surface area (Å²) in [6, 6.07) is 3.79. The topological polar surface area (TPSA) is 46.6 Å². The molecule has 0 atom stereocenters. The number of hydroxylamine groups is 1. The number of hydrogen-bond acceptors (Lipinski definition) is 3. The molecule has 0 aliphatic carbocycles. The van der Waals surface area contributed by atoms with Gasteiger partial charge in [-0.25, -0.2) is 8.42 Å². The van der Waals surface area contributed by atoms with Crippen molar-refractivity contribution >= 4 is 10.0 Å². The minimum atomic E-state index is -3.53. The second kappa shape index (κ2) is 4.99. The van der Waals surface area contributed by atoms with Gasteiger partial charge in [-0.15, -0.1) is 0 Å². The summed E-state index contributed by atoms with van der Waals surface area (Å²) < 4.78 is 26.2. The molecular weight excluding hydrogens is 250 g/mol. The van der Waals surface area contributed by atoms with Crippen LogP contribution >= 0.6 is 0 Å². The number of aryl methyl sites for hydroxylation is 3. The third kappa shape index (κ3) is 2.43. The Labute approximate surface area is 109 Å². The van der Waals surface area contributed by atoms with Crippen LogP contribution in [0, 0.1) is 20.8 Å². The summed E-state index contributed by atoms with van der Waals surface area (Å²) in [5.74, 6) is 0. The molecule has 0 saturated carbocycles. The summed E-state index contributed by atoms with van der Waals surface area (Å²) in [6.07, 6.45) is 1.76. The third-order valence-electron chi connectivity index (χ3n) is 3.10. The maximum absolute atomic E-state index is 12.5.